The normalized spacial score (nSPS) is 22.0. The van der Waals surface area contributed by atoms with Gasteiger partial charge in [0.25, 0.3) is 5.79 Å². The highest BCUT2D eigenvalue weighted by atomic mass is 16.7. The van der Waals surface area contributed by atoms with Crippen molar-refractivity contribution in [2.24, 2.45) is 5.92 Å². The topological polar surface area (TPSA) is 102 Å². The van der Waals surface area contributed by atoms with Gasteiger partial charge < -0.3 is 24.2 Å². The van der Waals surface area contributed by atoms with Crippen molar-refractivity contribution in [2.75, 3.05) is 20.2 Å². The minimum atomic E-state index is -1.34. The number of rotatable bonds is 1. The molecule has 0 aromatic carbocycles. The van der Waals surface area contributed by atoms with Gasteiger partial charge in [-0.3, -0.25) is 0 Å². The Hall–Kier alpha value is -2.25. The van der Waals surface area contributed by atoms with E-state index in [1.54, 1.807) is 0 Å². The van der Waals surface area contributed by atoms with Gasteiger partial charge in [0.1, 0.15) is 5.76 Å². The fourth-order valence-corrected chi connectivity index (χ4v) is 2.53. The number of hydrogen-bond acceptors (Lipinski definition) is 7. The Morgan fingerprint density at radius 1 is 1.23 bits per heavy atom. The van der Waals surface area contributed by atoms with Crippen molar-refractivity contribution in [3.05, 3.63) is 11.3 Å². The molecule has 0 unspecified atom stereocenters. The lowest BCUT2D eigenvalue weighted by atomic mass is 9.92. The fourth-order valence-electron chi connectivity index (χ4n) is 2.53. The molecule has 0 radical (unpaired) electrons. The summed E-state index contributed by atoms with van der Waals surface area (Å²) in [4.78, 5) is 36.7. The summed E-state index contributed by atoms with van der Waals surface area (Å²) in [6.45, 7) is 3.60. The van der Waals surface area contributed by atoms with Crippen molar-refractivity contribution in [1.29, 1.82) is 0 Å². The number of piperidine rings is 1. The standard InChI is InChI=1S/C14H19NO7/c1-14(2)21-11(17)9(12(18)22-14)10(16)8-4-6-15(7-5-8)13(19)20-3/h8,16H,4-7H2,1-3H3. The molecule has 0 atom stereocenters. The van der Waals surface area contributed by atoms with E-state index in [4.69, 9.17) is 9.47 Å². The second-order valence-corrected chi connectivity index (χ2v) is 5.67. The summed E-state index contributed by atoms with van der Waals surface area (Å²) in [5, 5.41) is 10.2. The van der Waals surface area contributed by atoms with E-state index in [0.717, 1.165) is 0 Å². The molecule has 0 saturated carbocycles. The van der Waals surface area contributed by atoms with Crippen LogP contribution in [0.1, 0.15) is 26.7 Å². The maximum atomic E-state index is 11.9. The smallest absolute Gasteiger partial charge is 0.409 e. The van der Waals surface area contributed by atoms with Gasteiger partial charge in [0.05, 0.1) is 7.11 Å². The van der Waals surface area contributed by atoms with Gasteiger partial charge in [0, 0.05) is 32.9 Å². The van der Waals surface area contributed by atoms with Crippen molar-refractivity contribution in [2.45, 2.75) is 32.5 Å². The molecule has 22 heavy (non-hydrogen) atoms. The Balaban J connectivity index is 2.11. The number of carbonyl (C=O) groups is 3. The number of aliphatic hydroxyl groups is 1. The van der Waals surface area contributed by atoms with Gasteiger partial charge in [0.15, 0.2) is 5.57 Å². The Morgan fingerprint density at radius 3 is 2.18 bits per heavy atom. The Labute approximate surface area is 127 Å². The lowest BCUT2D eigenvalue weighted by molar-refractivity contribution is -0.222. The highest BCUT2D eigenvalue weighted by Crippen LogP contribution is 2.30. The van der Waals surface area contributed by atoms with Gasteiger partial charge >= 0.3 is 18.0 Å². The number of likely N-dealkylation sites (tertiary alicyclic amines) is 1. The molecule has 2 saturated heterocycles. The van der Waals surface area contributed by atoms with Crippen LogP contribution >= 0.6 is 0 Å². The van der Waals surface area contributed by atoms with Gasteiger partial charge in [-0.2, -0.15) is 0 Å². The largest absolute Gasteiger partial charge is 0.511 e. The third-order valence-electron chi connectivity index (χ3n) is 3.66. The highest BCUT2D eigenvalue weighted by Gasteiger charge is 2.42. The first-order chi connectivity index (χ1) is 10.2. The van der Waals surface area contributed by atoms with Crippen molar-refractivity contribution < 1.29 is 33.7 Å². The molecule has 0 spiro atoms. The number of esters is 2. The van der Waals surface area contributed by atoms with Crippen molar-refractivity contribution >= 4 is 18.0 Å². The predicted octanol–water partition coefficient (Wildman–Crippen LogP) is 1.11. The average molecular weight is 313 g/mol. The predicted molar refractivity (Wildman–Crippen MR) is 72.6 cm³/mol. The number of nitrogens with zero attached hydrogens (tertiary/aromatic N) is 1. The molecule has 8 nitrogen and oxygen atoms in total. The summed E-state index contributed by atoms with van der Waals surface area (Å²) in [5.41, 5.74) is -0.462. The fraction of sp³-hybridized carbons (Fsp3) is 0.643. The van der Waals surface area contributed by atoms with Crippen LogP contribution in [-0.2, 0) is 23.8 Å². The van der Waals surface area contributed by atoms with Crippen molar-refractivity contribution in [3.63, 3.8) is 0 Å². The minimum absolute atomic E-state index is 0.338. The first kappa shape index (κ1) is 16.1. The molecule has 0 aromatic heterocycles. The number of methoxy groups -OCH3 is 1. The second-order valence-electron chi connectivity index (χ2n) is 5.67. The quantitative estimate of drug-likeness (QED) is 0.335. The maximum absolute atomic E-state index is 11.9. The number of carbonyl (C=O) groups excluding carboxylic acids is 3. The lowest BCUT2D eigenvalue weighted by Gasteiger charge is -2.33. The van der Waals surface area contributed by atoms with E-state index in [1.165, 1.54) is 25.9 Å². The second kappa shape index (κ2) is 5.86. The van der Waals surface area contributed by atoms with E-state index in [1.807, 2.05) is 0 Å². The molecule has 0 aromatic rings. The Bertz CT molecular complexity index is 507. The molecular formula is C14H19NO7. The van der Waals surface area contributed by atoms with Crippen molar-refractivity contribution in [3.8, 4) is 0 Å². The highest BCUT2D eigenvalue weighted by molar-refractivity contribution is 6.15. The number of allylic oxidation sites excluding steroid dienone is 1. The number of hydrogen-bond donors (Lipinski definition) is 1. The van der Waals surface area contributed by atoms with Crippen LogP contribution in [0.2, 0.25) is 0 Å². The summed E-state index contributed by atoms with van der Waals surface area (Å²) in [6, 6.07) is 0. The molecule has 0 aliphatic carbocycles. The SMILES string of the molecule is COC(=O)N1CCC(C(O)=C2C(=O)OC(C)(C)OC2=O)CC1. The molecule has 0 bridgehead atoms. The van der Waals surface area contributed by atoms with E-state index in [0.29, 0.717) is 25.9 Å². The van der Waals surface area contributed by atoms with Crippen LogP contribution in [0.3, 0.4) is 0 Å². The molecular weight excluding hydrogens is 294 g/mol. The average Bonchev–Trinajstić information content (AvgIpc) is 2.44. The van der Waals surface area contributed by atoms with Gasteiger partial charge in [-0.25, -0.2) is 14.4 Å². The lowest BCUT2D eigenvalue weighted by Crippen LogP contribution is -2.43. The molecule has 2 rings (SSSR count). The van der Waals surface area contributed by atoms with Crippen LogP contribution in [0.15, 0.2) is 11.3 Å². The Kier molecular flexibility index (Phi) is 4.30. The summed E-state index contributed by atoms with van der Waals surface area (Å²) in [5.74, 6) is -3.87. The van der Waals surface area contributed by atoms with E-state index in [-0.39, 0.29) is 5.76 Å². The summed E-state index contributed by atoms with van der Waals surface area (Å²) < 4.78 is 14.5. The molecule has 1 amide bonds. The van der Waals surface area contributed by atoms with E-state index in [2.05, 4.69) is 4.74 Å². The zero-order valence-corrected chi connectivity index (χ0v) is 12.7. The monoisotopic (exact) mass is 313 g/mol. The summed E-state index contributed by atoms with van der Waals surface area (Å²) in [6.07, 6.45) is 0.381. The van der Waals surface area contributed by atoms with Crippen LogP contribution < -0.4 is 0 Å². The van der Waals surface area contributed by atoms with Gasteiger partial charge in [0.2, 0.25) is 0 Å². The molecule has 8 heteroatoms. The summed E-state index contributed by atoms with van der Waals surface area (Å²) >= 11 is 0. The van der Waals surface area contributed by atoms with E-state index >= 15 is 0 Å². The summed E-state index contributed by atoms with van der Waals surface area (Å²) in [7, 11) is 1.30. The number of amides is 1. The number of cyclic esters (lactones) is 2. The zero-order chi connectivity index (χ0) is 16.5. The molecule has 1 N–H and O–H groups in total. The van der Waals surface area contributed by atoms with Gasteiger partial charge in [-0.15, -0.1) is 0 Å². The molecule has 2 aliphatic rings. The first-order valence-corrected chi connectivity index (χ1v) is 6.98. The van der Waals surface area contributed by atoms with Crippen LogP contribution in [0.4, 0.5) is 4.79 Å². The molecule has 2 heterocycles. The van der Waals surface area contributed by atoms with E-state index in [9.17, 15) is 19.5 Å². The Morgan fingerprint density at radius 2 is 1.73 bits per heavy atom. The maximum Gasteiger partial charge on any atom is 0.409 e. The van der Waals surface area contributed by atoms with Crippen LogP contribution in [0.25, 0.3) is 0 Å². The third kappa shape index (κ3) is 3.15. The van der Waals surface area contributed by atoms with E-state index < -0.39 is 35.3 Å². The van der Waals surface area contributed by atoms with Crippen LogP contribution in [0, 0.1) is 5.92 Å². The van der Waals surface area contributed by atoms with Crippen molar-refractivity contribution in [1.82, 2.24) is 4.90 Å². The minimum Gasteiger partial charge on any atom is -0.511 e. The zero-order valence-electron chi connectivity index (χ0n) is 12.7. The molecule has 122 valence electrons. The first-order valence-electron chi connectivity index (χ1n) is 6.98. The third-order valence-corrected chi connectivity index (χ3v) is 3.66. The van der Waals surface area contributed by atoms with Gasteiger partial charge in [-0.05, 0) is 12.8 Å². The molecule has 2 fully saturated rings. The number of ether oxygens (including phenoxy) is 3. The molecule has 2 aliphatic heterocycles. The number of aliphatic hydroxyl groups excluding tert-OH is 1. The van der Waals surface area contributed by atoms with Crippen LogP contribution in [0.5, 0.6) is 0 Å². The van der Waals surface area contributed by atoms with Gasteiger partial charge in [-0.1, -0.05) is 0 Å². The van der Waals surface area contributed by atoms with Crippen LogP contribution in [-0.4, -0.2) is 54.0 Å².